The van der Waals surface area contributed by atoms with Gasteiger partial charge in [0.05, 0.1) is 7.11 Å². The van der Waals surface area contributed by atoms with Gasteiger partial charge in [-0.2, -0.15) is 5.10 Å². The maximum atomic E-state index is 5.33. The van der Waals surface area contributed by atoms with Crippen molar-refractivity contribution < 1.29 is 4.74 Å². The van der Waals surface area contributed by atoms with Crippen LogP contribution >= 0.6 is 0 Å². The Labute approximate surface area is 180 Å². The van der Waals surface area contributed by atoms with Crippen LogP contribution in [0.4, 0.5) is 0 Å². The van der Waals surface area contributed by atoms with Gasteiger partial charge >= 0.3 is 0 Å². The molecule has 2 heterocycles. The summed E-state index contributed by atoms with van der Waals surface area (Å²) in [7, 11) is 3.94. The Morgan fingerprint density at radius 2 is 2.10 bits per heavy atom. The number of ether oxygens (including phenoxy) is 1. The van der Waals surface area contributed by atoms with Crippen LogP contribution in [0.5, 0.6) is 5.75 Å². The van der Waals surface area contributed by atoms with Gasteiger partial charge in [0, 0.05) is 44.6 Å². The maximum absolute atomic E-state index is 5.33. The van der Waals surface area contributed by atoms with Crippen LogP contribution in [0, 0.1) is 5.92 Å². The minimum absolute atomic E-state index is 0.385. The molecule has 1 saturated heterocycles. The van der Waals surface area contributed by atoms with E-state index in [9.17, 15) is 0 Å². The van der Waals surface area contributed by atoms with Crippen LogP contribution in [0.3, 0.4) is 0 Å². The lowest BCUT2D eigenvalue weighted by molar-refractivity contribution is 0.125. The van der Waals surface area contributed by atoms with E-state index in [4.69, 9.17) is 9.73 Å². The molecule has 1 fully saturated rings. The molecule has 30 heavy (non-hydrogen) atoms. The first-order valence-corrected chi connectivity index (χ1v) is 11.0. The van der Waals surface area contributed by atoms with Crippen molar-refractivity contribution in [1.82, 2.24) is 25.3 Å². The molecule has 1 aromatic carbocycles. The molecule has 0 saturated carbocycles. The zero-order valence-corrected chi connectivity index (χ0v) is 18.6. The van der Waals surface area contributed by atoms with Gasteiger partial charge in [0.25, 0.3) is 0 Å². The van der Waals surface area contributed by atoms with Gasteiger partial charge in [-0.1, -0.05) is 12.1 Å². The van der Waals surface area contributed by atoms with Crippen molar-refractivity contribution >= 4 is 5.96 Å². The second-order valence-electron chi connectivity index (χ2n) is 7.87. The fraction of sp³-hybridized carbons (Fsp3) is 0.565. The summed E-state index contributed by atoms with van der Waals surface area (Å²) in [6.07, 6.45) is 7.24. The van der Waals surface area contributed by atoms with Crippen molar-refractivity contribution in [1.29, 1.82) is 0 Å². The number of benzene rings is 1. The summed E-state index contributed by atoms with van der Waals surface area (Å²) >= 11 is 0. The molecule has 2 unspecified atom stereocenters. The lowest BCUT2D eigenvalue weighted by Crippen LogP contribution is -2.40. The number of nitrogens with one attached hydrogen (secondary N) is 2. The minimum Gasteiger partial charge on any atom is -0.497 e. The average molecular weight is 413 g/mol. The first-order valence-electron chi connectivity index (χ1n) is 11.0. The Bertz CT molecular complexity index is 759. The number of aryl methyl sites for hydroxylation is 1. The molecule has 0 aliphatic carbocycles. The molecule has 3 rings (SSSR count). The Kier molecular flexibility index (Phi) is 8.56. The summed E-state index contributed by atoms with van der Waals surface area (Å²) in [6.45, 7) is 6.69. The Balaban J connectivity index is 1.59. The Morgan fingerprint density at radius 1 is 1.27 bits per heavy atom. The van der Waals surface area contributed by atoms with Gasteiger partial charge in [0.15, 0.2) is 5.96 Å². The van der Waals surface area contributed by atoms with Gasteiger partial charge in [-0.3, -0.25) is 14.6 Å². The number of piperidine rings is 1. The fourth-order valence-corrected chi connectivity index (χ4v) is 4.21. The molecule has 2 atom stereocenters. The number of aliphatic imine (C=N–C) groups is 1. The molecule has 0 bridgehead atoms. The van der Waals surface area contributed by atoms with Crippen LogP contribution in [-0.4, -0.2) is 61.0 Å². The van der Waals surface area contributed by atoms with Crippen molar-refractivity contribution in [3.63, 3.8) is 0 Å². The normalized spacial score (nSPS) is 20.2. The van der Waals surface area contributed by atoms with E-state index in [0.29, 0.717) is 12.0 Å². The number of nitrogens with zero attached hydrogens (tertiary/aromatic N) is 4. The second-order valence-corrected chi connectivity index (χ2v) is 7.87. The molecule has 164 valence electrons. The average Bonchev–Trinajstić information content (AvgIpc) is 3.29. The number of aromatic nitrogens is 2. The molecule has 7 nitrogen and oxygen atoms in total. The van der Waals surface area contributed by atoms with Gasteiger partial charge in [-0.05, 0) is 69.5 Å². The zero-order chi connectivity index (χ0) is 21.2. The van der Waals surface area contributed by atoms with Gasteiger partial charge < -0.3 is 15.4 Å². The highest BCUT2D eigenvalue weighted by atomic mass is 16.5. The third-order valence-corrected chi connectivity index (χ3v) is 5.71. The minimum atomic E-state index is 0.385. The van der Waals surface area contributed by atoms with Crippen LogP contribution in [-0.2, 0) is 6.54 Å². The summed E-state index contributed by atoms with van der Waals surface area (Å²) < 4.78 is 7.29. The number of hydrogen-bond acceptors (Lipinski definition) is 4. The summed E-state index contributed by atoms with van der Waals surface area (Å²) in [5, 5.41) is 11.1. The van der Waals surface area contributed by atoms with Crippen molar-refractivity contribution in [2.24, 2.45) is 10.9 Å². The highest BCUT2D eigenvalue weighted by Gasteiger charge is 2.30. The SMILES string of the molecule is CCNC(=NCC1CCCN(C)C1c1ccc(OC)cc1)NCCCn1cccn1. The zero-order valence-electron chi connectivity index (χ0n) is 18.6. The van der Waals surface area contributed by atoms with Gasteiger partial charge in [0.2, 0.25) is 0 Å². The molecule has 1 aromatic heterocycles. The van der Waals surface area contributed by atoms with Crippen LogP contribution in [0.15, 0.2) is 47.7 Å². The summed E-state index contributed by atoms with van der Waals surface area (Å²) in [5.41, 5.74) is 1.34. The topological polar surface area (TPSA) is 66.7 Å². The van der Waals surface area contributed by atoms with E-state index in [1.165, 1.54) is 18.4 Å². The maximum Gasteiger partial charge on any atom is 0.191 e. The first-order chi connectivity index (χ1) is 14.7. The van der Waals surface area contributed by atoms with Crippen molar-refractivity contribution in [3.8, 4) is 5.75 Å². The van der Waals surface area contributed by atoms with Crippen LogP contribution < -0.4 is 15.4 Å². The quantitative estimate of drug-likeness (QED) is 0.377. The van der Waals surface area contributed by atoms with E-state index < -0.39 is 0 Å². The smallest absolute Gasteiger partial charge is 0.191 e. The summed E-state index contributed by atoms with van der Waals surface area (Å²) in [6, 6.07) is 10.9. The van der Waals surface area contributed by atoms with E-state index in [2.05, 4.69) is 58.9 Å². The highest BCUT2D eigenvalue weighted by Crippen LogP contribution is 2.35. The van der Waals surface area contributed by atoms with Crippen LogP contribution in [0.2, 0.25) is 0 Å². The number of methoxy groups -OCH3 is 1. The molecule has 1 aliphatic heterocycles. The van der Waals surface area contributed by atoms with Gasteiger partial charge in [-0.15, -0.1) is 0 Å². The number of likely N-dealkylation sites (tertiary alicyclic amines) is 1. The second kappa shape index (κ2) is 11.6. The number of hydrogen-bond donors (Lipinski definition) is 2. The molecule has 1 aliphatic rings. The molecule has 2 aromatic rings. The molecule has 7 heteroatoms. The standard InChI is InChI=1S/C23H36N6O/c1-4-24-23(25-13-6-16-29-17-7-14-27-29)26-18-20-8-5-15-28(2)22(20)19-9-11-21(30-3)12-10-19/h7,9-12,14,17,20,22H,4-6,8,13,15-16,18H2,1-3H3,(H2,24,25,26). The van der Waals surface area contributed by atoms with Crippen molar-refractivity contribution in [3.05, 3.63) is 48.3 Å². The third kappa shape index (κ3) is 6.23. The van der Waals surface area contributed by atoms with Crippen molar-refractivity contribution in [2.45, 2.75) is 38.8 Å². The van der Waals surface area contributed by atoms with Crippen molar-refractivity contribution in [2.75, 3.05) is 40.3 Å². The van der Waals surface area contributed by atoms with E-state index in [1.54, 1.807) is 7.11 Å². The monoisotopic (exact) mass is 412 g/mol. The third-order valence-electron chi connectivity index (χ3n) is 5.71. The van der Waals surface area contributed by atoms with E-state index in [0.717, 1.165) is 50.9 Å². The molecule has 0 spiro atoms. The molecule has 2 N–H and O–H groups in total. The van der Waals surface area contributed by atoms with E-state index in [-0.39, 0.29) is 0 Å². The lowest BCUT2D eigenvalue weighted by atomic mass is 9.85. The largest absolute Gasteiger partial charge is 0.497 e. The summed E-state index contributed by atoms with van der Waals surface area (Å²) in [4.78, 5) is 7.40. The Hall–Kier alpha value is -2.54. The molecule has 0 amide bonds. The summed E-state index contributed by atoms with van der Waals surface area (Å²) in [5.74, 6) is 2.30. The Morgan fingerprint density at radius 3 is 2.80 bits per heavy atom. The molecular formula is C23H36N6O. The van der Waals surface area contributed by atoms with Crippen LogP contribution in [0.25, 0.3) is 0 Å². The first kappa shape index (κ1) is 22.2. The lowest BCUT2D eigenvalue weighted by Gasteiger charge is -2.39. The van der Waals surface area contributed by atoms with E-state index >= 15 is 0 Å². The van der Waals surface area contributed by atoms with Crippen LogP contribution in [0.1, 0.15) is 37.8 Å². The highest BCUT2D eigenvalue weighted by molar-refractivity contribution is 5.79. The van der Waals surface area contributed by atoms with Gasteiger partial charge in [-0.25, -0.2) is 0 Å². The molecular weight excluding hydrogens is 376 g/mol. The number of guanidine groups is 1. The predicted molar refractivity (Wildman–Crippen MR) is 122 cm³/mol. The van der Waals surface area contributed by atoms with Gasteiger partial charge in [0.1, 0.15) is 5.75 Å². The molecule has 0 radical (unpaired) electrons. The van der Waals surface area contributed by atoms with E-state index in [1.807, 2.05) is 23.1 Å². The fourth-order valence-electron chi connectivity index (χ4n) is 4.21. The number of rotatable bonds is 9. The predicted octanol–water partition coefficient (Wildman–Crippen LogP) is 2.92.